The Morgan fingerprint density at radius 2 is 2.04 bits per heavy atom. The maximum absolute atomic E-state index is 12.0. The zero-order valence-corrected chi connectivity index (χ0v) is 13.3. The van der Waals surface area contributed by atoms with Gasteiger partial charge in [0.2, 0.25) is 0 Å². The van der Waals surface area contributed by atoms with Crippen molar-refractivity contribution in [2.24, 2.45) is 0 Å². The van der Waals surface area contributed by atoms with Crippen molar-refractivity contribution in [1.29, 1.82) is 0 Å². The lowest BCUT2D eigenvalue weighted by Crippen LogP contribution is -2.18. The number of carbonyl (C=O) groups excluding carboxylic acids is 1. The molecule has 0 spiro atoms. The molecule has 2 aromatic carbocycles. The van der Waals surface area contributed by atoms with Crippen LogP contribution in [0.2, 0.25) is 5.15 Å². The topological polar surface area (TPSA) is 67.0 Å². The Hall–Kier alpha value is -2.37. The van der Waals surface area contributed by atoms with Gasteiger partial charge in [-0.2, -0.15) is 10.6 Å². The van der Waals surface area contributed by atoms with E-state index in [1.807, 2.05) is 48.5 Å². The lowest BCUT2D eigenvalue weighted by atomic mass is 9.88. The first-order valence-electron chi connectivity index (χ1n) is 7.24. The van der Waals surface area contributed by atoms with E-state index in [2.05, 4.69) is 15.7 Å². The highest BCUT2D eigenvalue weighted by atomic mass is 35.5. The number of nitrogens with one attached hydrogen (secondary N) is 2. The number of hydrogen-bond acceptors (Lipinski definition) is 4. The number of fused-ring (bicyclic) bond motifs is 1. The molecule has 0 aliphatic heterocycles. The minimum absolute atomic E-state index is 0.118. The molecule has 1 unspecified atom stereocenters. The molecule has 6 heteroatoms. The van der Waals surface area contributed by atoms with E-state index in [0.29, 0.717) is 5.15 Å². The smallest absolute Gasteiger partial charge is 0.325 e. The number of aromatic amines is 1. The summed E-state index contributed by atoms with van der Waals surface area (Å²) in [5.74, 6) is -0.438. The highest BCUT2D eigenvalue weighted by molar-refractivity contribution is 6.34. The summed E-state index contributed by atoms with van der Waals surface area (Å²) in [6.45, 7) is 0. The maximum atomic E-state index is 12.0. The molecule has 1 atom stereocenters. The molecule has 0 aliphatic carbocycles. The predicted octanol–water partition coefficient (Wildman–Crippen LogP) is 3.42. The van der Waals surface area contributed by atoms with Crippen LogP contribution in [0.15, 0.2) is 48.5 Å². The van der Waals surface area contributed by atoms with Crippen LogP contribution in [0.25, 0.3) is 10.9 Å². The SMILES string of the molecule is CNOC(=O)CC(c1ccccc1)c1ccc2n[nH]c(Cl)c2c1. The van der Waals surface area contributed by atoms with Gasteiger partial charge in [-0.1, -0.05) is 48.0 Å². The van der Waals surface area contributed by atoms with Gasteiger partial charge in [0.15, 0.2) is 0 Å². The predicted molar refractivity (Wildman–Crippen MR) is 89.2 cm³/mol. The molecule has 0 saturated carbocycles. The number of aromatic nitrogens is 2. The molecule has 0 radical (unpaired) electrons. The average Bonchev–Trinajstić information content (AvgIpc) is 2.94. The lowest BCUT2D eigenvalue weighted by molar-refractivity contribution is -0.150. The van der Waals surface area contributed by atoms with Crippen LogP contribution < -0.4 is 5.48 Å². The quantitative estimate of drug-likeness (QED) is 0.704. The van der Waals surface area contributed by atoms with Gasteiger partial charge in [-0.25, -0.2) is 0 Å². The number of rotatable bonds is 5. The van der Waals surface area contributed by atoms with E-state index >= 15 is 0 Å². The number of carbonyl (C=O) groups is 1. The summed E-state index contributed by atoms with van der Waals surface area (Å²) in [4.78, 5) is 16.8. The van der Waals surface area contributed by atoms with E-state index in [9.17, 15) is 4.79 Å². The van der Waals surface area contributed by atoms with E-state index in [-0.39, 0.29) is 18.3 Å². The van der Waals surface area contributed by atoms with Crippen LogP contribution in [-0.2, 0) is 9.63 Å². The van der Waals surface area contributed by atoms with Crippen LogP contribution in [0, 0.1) is 0 Å². The largest absolute Gasteiger partial charge is 0.371 e. The number of nitrogens with zero attached hydrogens (tertiary/aromatic N) is 1. The van der Waals surface area contributed by atoms with Crippen LogP contribution in [0.1, 0.15) is 23.5 Å². The summed E-state index contributed by atoms with van der Waals surface area (Å²) in [5.41, 5.74) is 5.25. The first-order valence-corrected chi connectivity index (χ1v) is 7.61. The van der Waals surface area contributed by atoms with Gasteiger partial charge in [0.05, 0.1) is 11.9 Å². The Balaban J connectivity index is 2.01. The van der Waals surface area contributed by atoms with E-state index in [4.69, 9.17) is 16.4 Å². The van der Waals surface area contributed by atoms with Gasteiger partial charge in [-0.15, -0.1) is 0 Å². The fourth-order valence-corrected chi connectivity index (χ4v) is 2.84. The lowest BCUT2D eigenvalue weighted by Gasteiger charge is -2.17. The highest BCUT2D eigenvalue weighted by Gasteiger charge is 2.20. The Morgan fingerprint density at radius 1 is 1.26 bits per heavy atom. The number of H-pyrrole nitrogens is 1. The van der Waals surface area contributed by atoms with E-state index in [1.54, 1.807) is 7.05 Å². The summed E-state index contributed by atoms with van der Waals surface area (Å²) in [6, 6.07) is 15.7. The molecule has 1 aromatic heterocycles. The summed E-state index contributed by atoms with van der Waals surface area (Å²) in [5, 5.41) is 8.21. The van der Waals surface area contributed by atoms with Crippen LogP contribution >= 0.6 is 11.6 Å². The zero-order valence-electron chi connectivity index (χ0n) is 12.5. The average molecular weight is 330 g/mol. The Kier molecular flexibility index (Phi) is 4.60. The number of hydroxylamine groups is 1. The van der Waals surface area contributed by atoms with E-state index < -0.39 is 0 Å². The summed E-state index contributed by atoms with van der Waals surface area (Å²) >= 11 is 6.13. The van der Waals surface area contributed by atoms with Gasteiger partial charge >= 0.3 is 5.97 Å². The molecular formula is C17H16ClN3O2. The maximum Gasteiger partial charge on any atom is 0.325 e. The van der Waals surface area contributed by atoms with E-state index in [0.717, 1.165) is 22.0 Å². The van der Waals surface area contributed by atoms with E-state index in [1.165, 1.54) is 0 Å². The summed E-state index contributed by atoms with van der Waals surface area (Å²) in [6.07, 6.45) is 0.228. The normalized spacial score (nSPS) is 12.3. The highest BCUT2D eigenvalue weighted by Crippen LogP contribution is 2.31. The van der Waals surface area contributed by atoms with Crippen LogP contribution in [0.5, 0.6) is 0 Å². The minimum atomic E-state index is -0.320. The summed E-state index contributed by atoms with van der Waals surface area (Å²) in [7, 11) is 1.56. The second-order valence-corrected chi connectivity index (χ2v) is 5.54. The first kappa shape index (κ1) is 15.5. The van der Waals surface area contributed by atoms with Gasteiger partial charge in [0.1, 0.15) is 5.15 Å². The third-order valence-corrected chi connectivity index (χ3v) is 4.01. The Labute approximate surface area is 138 Å². The molecular weight excluding hydrogens is 314 g/mol. The Morgan fingerprint density at radius 3 is 2.78 bits per heavy atom. The molecule has 0 bridgehead atoms. The van der Waals surface area contributed by atoms with Gasteiger partial charge in [0, 0.05) is 18.4 Å². The molecule has 1 heterocycles. The molecule has 23 heavy (non-hydrogen) atoms. The van der Waals surface area contributed by atoms with Crippen molar-refractivity contribution < 1.29 is 9.63 Å². The molecule has 5 nitrogen and oxygen atoms in total. The first-order chi connectivity index (χ1) is 11.2. The molecule has 0 saturated heterocycles. The van der Waals surface area contributed by atoms with Gasteiger partial charge < -0.3 is 4.84 Å². The molecule has 3 aromatic rings. The van der Waals surface area contributed by atoms with Crippen molar-refractivity contribution in [3.05, 3.63) is 64.8 Å². The van der Waals surface area contributed by atoms with Crippen LogP contribution in [0.3, 0.4) is 0 Å². The molecule has 0 aliphatic rings. The Bertz CT molecular complexity index is 817. The molecule has 2 N–H and O–H groups in total. The molecule has 0 fully saturated rings. The summed E-state index contributed by atoms with van der Waals surface area (Å²) < 4.78 is 0. The van der Waals surface area contributed by atoms with Crippen molar-refractivity contribution in [3.63, 3.8) is 0 Å². The zero-order chi connectivity index (χ0) is 16.2. The third kappa shape index (κ3) is 3.36. The second kappa shape index (κ2) is 6.81. The van der Waals surface area contributed by atoms with Crippen molar-refractivity contribution in [1.82, 2.24) is 15.7 Å². The van der Waals surface area contributed by atoms with Crippen molar-refractivity contribution in [2.45, 2.75) is 12.3 Å². The molecule has 118 valence electrons. The van der Waals surface area contributed by atoms with Crippen LogP contribution in [-0.4, -0.2) is 23.2 Å². The monoisotopic (exact) mass is 329 g/mol. The van der Waals surface area contributed by atoms with Crippen molar-refractivity contribution in [3.8, 4) is 0 Å². The number of benzene rings is 2. The van der Waals surface area contributed by atoms with Gasteiger partial charge in [-0.3, -0.25) is 9.89 Å². The molecule has 3 rings (SSSR count). The second-order valence-electron chi connectivity index (χ2n) is 5.16. The standard InChI is InChI=1S/C17H16ClN3O2/c1-19-23-16(22)10-13(11-5-3-2-4-6-11)12-7-8-15-14(9-12)17(18)21-20-15/h2-9,13,19H,10H2,1H3,(H,20,21). The fourth-order valence-electron chi connectivity index (χ4n) is 2.65. The fraction of sp³-hybridized carbons (Fsp3) is 0.176. The minimum Gasteiger partial charge on any atom is -0.371 e. The molecule has 0 amide bonds. The third-order valence-electron chi connectivity index (χ3n) is 3.72. The van der Waals surface area contributed by atoms with Gasteiger partial charge in [0.25, 0.3) is 0 Å². The van der Waals surface area contributed by atoms with Gasteiger partial charge in [-0.05, 0) is 23.3 Å². The van der Waals surface area contributed by atoms with Crippen molar-refractivity contribution >= 4 is 28.5 Å². The number of halogens is 1. The number of hydrogen-bond donors (Lipinski definition) is 2. The van der Waals surface area contributed by atoms with Crippen molar-refractivity contribution in [2.75, 3.05) is 7.05 Å². The van der Waals surface area contributed by atoms with Crippen LogP contribution in [0.4, 0.5) is 0 Å².